The lowest BCUT2D eigenvalue weighted by Gasteiger charge is -2.30. The zero-order valence-corrected chi connectivity index (χ0v) is 41.7. The molecular weight excluding hydrogens is 1020 g/mol. The van der Waals surface area contributed by atoms with Gasteiger partial charge in [0.05, 0.1) is 90.2 Å². The summed E-state index contributed by atoms with van der Waals surface area (Å²) in [5.41, 5.74) is 10.1. The van der Waals surface area contributed by atoms with E-state index in [0.29, 0.717) is 50.2 Å². The van der Waals surface area contributed by atoms with Gasteiger partial charge >= 0.3 is 0 Å². The van der Waals surface area contributed by atoms with Gasteiger partial charge in [-0.25, -0.2) is 33.1 Å². The number of aliphatic hydroxyl groups excluding tert-OH is 2. The van der Waals surface area contributed by atoms with Gasteiger partial charge < -0.3 is 35.0 Å². The standard InChI is InChI=1S/C25H26F2N6O.C23H23FN6O.C2H4FI.H2O/c1-16-12-22(21-8-9-24(23(14-34)29-21)32-13-17(2)28-15-32)30-31-25(16)33(11-10-26)18(3)19-4-6-20(27)7-5-19;1-14-10-20(28-29-23(14)26-16(3)17-4-6-18(24)7-5-17)19-8-9-22(21(12-31)27-19)30-11-15(2)25-13-30;3-1-2-4;/h4-9,12-13,15,18,34H,10-11,14H2,1-3H3;4-11,13,16,31H,12H2,1-3H3,(H,26,29);1-2H2;1H2/t18-;16-;;/m00../s1. The van der Waals surface area contributed by atoms with Crippen LogP contribution < -0.4 is 10.2 Å². The number of aromatic nitrogens is 10. The topological polar surface area (TPSA) is 200 Å². The minimum atomic E-state index is -0.564. The Morgan fingerprint density at radius 2 is 1.10 bits per heavy atom. The van der Waals surface area contributed by atoms with Crippen molar-refractivity contribution in [2.24, 2.45) is 0 Å². The average molecular weight is 1070 g/mol. The molecule has 368 valence electrons. The van der Waals surface area contributed by atoms with Gasteiger partial charge in [-0.1, -0.05) is 46.9 Å². The van der Waals surface area contributed by atoms with Crippen molar-refractivity contribution < 1.29 is 33.3 Å². The third kappa shape index (κ3) is 13.7. The number of nitrogens with zero attached hydrogens (tertiary/aromatic N) is 11. The molecule has 2 atom stereocenters. The van der Waals surface area contributed by atoms with E-state index in [9.17, 15) is 27.8 Å². The van der Waals surface area contributed by atoms with E-state index in [4.69, 9.17) is 0 Å². The number of halogens is 5. The van der Waals surface area contributed by atoms with E-state index in [1.54, 1.807) is 36.9 Å². The first kappa shape index (κ1) is 54.2. The number of aliphatic hydroxyl groups is 2. The first-order valence-corrected chi connectivity index (χ1v) is 23.4. The van der Waals surface area contributed by atoms with E-state index in [2.05, 4.69) is 45.6 Å². The van der Waals surface area contributed by atoms with E-state index in [-0.39, 0.29) is 55.6 Å². The molecule has 5 N–H and O–H groups in total. The summed E-state index contributed by atoms with van der Waals surface area (Å²) < 4.78 is 54.9. The number of imidazole rings is 2. The second kappa shape index (κ2) is 25.7. The number of pyridine rings is 2. The molecule has 0 unspecified atom stereocenters. The van der Waals surface area contributed by atoms with Gasteiger partial charge in [-0.05, 0) is 124 Å². The molecule has 6 aromatic heterocycles. The van der Waals surface area contributed by atoms with Crippen LogP contribution in [0, 0.1) is 39.3 Å². The van der Waals surface area contributed by atoms with Crippen molar-refractivity contribution in [3.05, 3.63) is 167 Å². The van der Waals surface area contributed by atoms with Crippen LogP contribution in [0.3, 0.4) is 0 Å². The first-order valence-electron chi connectivity index (χ1n) is 21.9. The van der Waals surface area contributed by atoms with Crippen LogP contribution in [0.25, 0.3) is 34.2 Å². The molecule has 70 heavy (non-hydrogen) atoms. The molecule has 0 spiro atoms. The number of hydrogen-bond donors (Lipinski definition) is 3. The Kier molecular flexibility index (Phi) is 19.9. The van der Waals surface area contributed by atoms with Crippen LogP contribution in [0.5, 0.6) is 0 Å². The van der Waals surface area contributed by atoms with Crippen molar-refractivity contribution in [1.82, 2.24) is 49.5 Å². The van der Waals surface area contributed by atoms with Gasteiger partial charge in [0.25, 0.3) is 0 Å². The lowest BCUT2D eigenvalue weighted by Crippen LogP contribution is -2.30. The Morgan fingerprint density at radius 3 is 1.51 bits per heavy atom. The molecule has 8 aromatic rings. The first-order chi connectivity index (χ1) is 33.3. The largest absolute Gasteiger partial charge is 0.412 e. The van der Waals surface area contributed by atoms with Crippen LogP contribution in [0.1, 0.15) is 71.0 Å². The molecule has 0 amide bonds. The van der Waals surface area contributed by atoms with Gasteiger partial charge in [0.2, 0.25) is 0 Å². The molecule has 0 fully saturated rings. The summed E-state index contributed by atoms with van der Waals surface area (Å²) in [6.07, 6.45) is 7.10. The third-order valence-corrected chi connectivity index (χ3v) is 11.3. The lowest BCUT2D eigenvalue weighted by atomic mass is 10.1. The van der Waals surface area contributed by atoms with Gasteiger partial charge in [0.1, 0.15) is 29.7 Å². The number of anilines is 2. The molecule has 8 rings (SSSR count). The Balaban J connectivity index is 0.000000240. The Labute approximate surface area is 417 Å². The zero-order chi connectivity index (χ0) is 49.6. The fourth-order valence-electron chi connectivity index (χ4n) is 7.26. The fraction of sp³-hybridized carbons (Fsp3) is 0.280. The summed E-state index contributed by atoms with van der Waals surface area (Å²) in [7, 11) is 0. The van der Waals surface area contributed by atoms with Gasteiger partial charge in [-0.15, -0.1) is 20.4 Å². The van der Waals surface area contributed by atoms with Crippen molar-refractivity contribution in [2.75, 3.05) is 34.5 Å². The van der Waals surface area contributed by atoms with Crippen LogP contribution >= 0.6 is 22.6 Å². The highest BCUT2D eigenvalue weighted by molar-refractivity contribution is 14.1. The van der Waals surface area contributed by atoms with Gasteiger partial charge in [-0.2, -0.15) is 0 Å². The molecule has 2 aromatic carbocycles. The summed E-state index contributed by atoms with van der Waals surface area (Å²) in [6.45, 7) is 10.4. The Bertz CT molecular complexity index is 2920. The minimum Gasteiger partial charge on any atom is -0.412 e. The van der Waals surface area contributed by atoms with Crippen molar-refractivity contribution in [3.8, 4) is 34.2 Å². The lowest BCUT2D eigenvalue weighted by molar-refractivity contribution is 0.276. The number of nitrogens with one attached hydrogen (secondary N) is 1. The molecule has 0 aliphatic carbocycles. The third-order valence-electron chi connectivity index (χ3n) is 10.9. The highest BCUT2D eigenvalue weighted by atomic mass is 127. The number of alkyl halides is 3. The highest BCUT2D eigenvalue weighted by Crippen LogP contribution is 2.30. The molecule has 15 nitrogen and oxygen atoms in total. The van der Waals surface area contributed by atoms with E-state index < -0.39 is 6.67 Å². The van der Waals surface area contributed by atoms with E-state index in [1.807, 2.05) is 127 Å². The zero-order valence-electron chi connectivity index (χ0n) is 39.5. The minimum absolute atomic E-state index is 0. The summed E-state index contributed by atoms with van der Waals surface area (Å²) >= 11 is 1.98. The second-order valence-corrected chi connectivity index (χ2v) is 17.0. The SMILES string of the molecule is Cc1cn(-c2ccc(-c3cc(C)c(N(CCF)[C@@H](C)c4ccc(F)cc4)nn3)nc2CO)cn1.Cc1cn(-c2ccc(-c3cc(C)c(N[C@@H](C)c4ccc(F)cc4)nn3)nc2CO)cn1.FCCI.O. The summed E-state index contributed by atoms with van der Waals surface area (Å²) in [4.78, 5) is 19.4. The van der Waals surface area contributed by atoms with Gasteiger partial charge in [-0.3, -0.25) is 4.39 Å². The number of hydrogen-bond acceptors (Lipinski definition) is 12. The summed E-state index contributed by atoms with van der Waals surface area (Å²) in [6, 6.07) is 23.4. The monoisotopic (exact) mass is 1070 g/mol. The van der Waals surface area contributed by atoms with E-state index in [1.165, 1.54) is 24.3 Å². The fourth-order valence-corrected chi connectivity index (χ4v) is 7.26. The van der Waals surface area contributed by atoms with Crippen LogP contribution in [-0.4, -0.2) is 89.5 Å². The number of benzene rings is 2. The van der Waals surface area contributed by atoms with Gasteiger partial charge in [0, 0.05) is 23.4 Å². The summed E-state index contributed by atoms with van der Waals surface area (Å²) in [5.74, 6) is 0.608. The smallest absolute Gasteiger partial charge is 0.154 e. The van der Waals surface area contributed by atoms with Crippen molar-refractivity contribution in [1.29, 1.82) is 0 Å². The van der Waals surface area contributed by atoms with Gasteiger partial charge in [0.15, 0.2) is 11.6 Å². The molecule has 0 bridgehead atoms. The van der Waals surface area contributed by atoms with Crippen molar-refractivity contribution in [3.63, 3.8) is 0 Å². The van der Waals surface area contributed by atoms with Crippen LogP contribution in [0.15, 0.2) is 110 Å². The maximum Gasteiger partial charge on any atom is 0.154 e. The average Bonchev–Trinajstić information content (AvgIpc) is 4.01. The summed E-state index contributed by atoms with van der Waals surface area (Å²) in [5, 5.41) is 40.4. The molecule has 0 radical (unpaired) electrons. The Morgan fingerprint density at radius 1 is 0.629 bits per heavy atom. The molecule has 0 saturated heterocycles. The molecule has 6 heterocycles. The van der Waals surface area contributed by atoms with Crippen LogP contribution in [0.2, 0.25) is 0 Å². The maximum absolute atomic E-state index is 13.4. The molecule has 0 aliphatic heterocycles. The Hall–Kier alpha value is -6.75. The highest BCUT2D eigenvalue weighted by Gasteiger charge is 2.22. The van der Waals surface area contributed by atoms with Crippen molar-refractivity contribution >= 4 is 34.2 Å². The van der Waals surface area contributed by atoms with E-state index >= 15 is 0 Å². The van der Waals surface area contributed by atoms with Crippen molar-refractivity contribution in [2.45, 2.75) is 66.8 Å². The number of aryl methyl sites for hydroxylation is 4. The molecule has 20 heteroatoms. The molecule has 0 saturated carbocycles. The maximum atomic E-state index is 13.4. The quantitative estimate of drug-likeness (QED) is 0.0500. The van der Waals surface area contributed by atoms with E-state index in [0.717, 1.165) is 45.0 Å². The number of rotatable bonds is 15. The van der Waals surface area contributed by atoms with Crippen LogP contribution in [-0.2, 0) is 13.2 Å². The second-order valence-electron chi connectivity index (χ2n) is 15.9. The van der Waals surface area contributed by atoms with Crippen LogP contribution in [0.4, 0.5) is 29.2 Å². The predicted octanol–water partition coefficient (Wildman–Crippen LogP) is 9.22. The molecular formula is C50H55F4IN12O3. The predicted molar refractivity (Wildman–Crippen MR) is 271 cm³/mol. The normalized spacial score (nSPS) is 11.6. The molecule has 0 aliphatic rings.